The predicted molar refractivity (Wildman–Crippen MR) is 97.1 cm³/mol. The van der Waals surface area contributed by atoms with Crippen LogP contribution in [-0.4, -0.2) is 55.5 Å². The summed E-state index contributed by atoms with van der Waals surface area (Å²) in [6, 6.07) is 4.00. The van der Waals surface area contributed by atoms with Gasteiger partial charge >= 0.3 is 11.6 Å². The van der Waals surface area contributed by atoms with Crippen LogP contribution in [0.4, 0.5) is 11.4 Å². The van der Waals surface area contributed by atoms with Crippen molar-refractivity contribution in [1.29, 1.82) is 0 Å². The Morgan fingerprint density at radius 3 is 2.41 bits per heavy atom. The van der Waals surface area contributed by atoms with Crippen LogP contribution in [0.5, 0.6) is 5.88 Å². The summed E-state index contributed by atoms with van der Waals surface area (Å²) in [5, 5.41) is 47.7. The molecule has 0 spiro atoms. The summed E-state index contributed by atoms with van der Waals surface area (Å²) >= 11 is 0. The quantitative estimate of drug-likeness (QED) is 0.367. The van der Waals surface area contributed by atoms with Gasteiger partial charge in [-0.25, -0.2) is 0 Å². The number of hydrogen-bond donors (Lipinski definition) is 3. The first-order valence-electron chi connectivity index (χ1n) is 8.35. The third kappa shape index (κ3) is 5.46. The van der Waals surface area contributed by atoms with Crippen molar-refractivity contribution in [3.8, 4) is 5.88 Å². The number of non-ortho nitro benzene ring substituents is 1. The molecule has 29 heavy (non-hydrogen) atoms. The fraction of sp³-hybridized carbons (Fsp3) is 0.375. The standard InChI is InChI=1S/C16H19N5O8/c1-29-16-13(21(27)28)8-19(18-16)7-6-14(23)17-12(9-22)15(24)10-2-4-11(5-3-10)20(25)26/h2-5,8,12,15,22,24H,6-7,9H2,1H3,(H,17,23). The van der Waals surface area contributed by atoms with E-state index in [2.05, 4.69) is 10.4 Å². The maximum Gasteiger partial charge on any atom is 0.350 e. The second-order valence-corrected chi connectivity index (χ2v) is 5.94. The van der Waals surface area contributed by atoms with Gasteiger partial charge in [0.15, 0.2) is 0 Å². The number of aryl methyl sites for hydroxylation is 1. The van der Waals surface area contributed by atoms with Gasteiger partial charge in [-0.15, -0.1) is 5.10 Å². The van der Waals surface area contributed by atoms with E-state index in [9.17, 15) is 35.2 Å². The van der Waals surface area contributed by atoms with E-state index in [1.807, 2.05) is 0 Å². The Balaban J connectivity index is 1.97. The number of ether oxygens (including phenoxy) is 1. The largest absolute Gasteiger partial charge is 0.475 e. The predicted octanol–water partition coefficient (Wildman–Crippen LogP) is 0.309. The molecule has 0 aliphatic rings. The maximum atomic E-state index is 12.1. The summed E-state index contributed by atoms with van der Waals surface area (Å²) in [5.74, 6) is -0.723. The lowest BCUT2D eigenvalue weighted by Crippen LogP contribution is -2.42. The molecular formula is C16H19N5O8. The molecule has 13 heteroatoms. The molecule has 0 aliphatic heterocycles. The Kier molecular flexibility index (Phi) is 7.16. The van der Waals surface area contributed by atoms with Crippen LogP contribution in [0, 0.1) is 20.2 Å². The van der Waals surface area contributed by atoms with Gasteiger partial charge in [-0.3, -0.25) is 29.7 Å². The molecule has 2 atom stereocenters. The summed E-state index contributed by atoms with van der Waals surface area (Å²) in [5.41, 5.74) is -0.216. The first-order valence-corrected chi connectivity index (χ1v) is 8.35. The molecule has 0 aliphatic carbocycles. The number of nitro benzene ring substituents is 1. The van der Waals surface area contributed by atoms with Crippen molar-refractivity contribution in [1.82, 2.24) is 15.1 Å². The highest BCUT2D eigenvalue weighted by molar-refractivity contribution is 5.76. The van der Waals surface area contributed by atoms with Gasteiger partial charge in [-0.2, -0.15) is 0 Å². The van der Waals surface area contributed by atoms with Crippen molar-refractivity contribution in [2.75, 3.05) is 13.7 Å². The van der Waals surface area contributed by atoms with E-state index >= 15 is 0 Å². The zero-order chi connectivity index (χ0) is 21.6. The molecule has 1 amide bonds. The van der Waals surface area contributed by atoms with Gasteiger partial charge in [0.25, 0.3) is 5.69 Å². The van der Waals surface area contributed by atoms with Crippen LogP contribution in [0.25, 0.3) is 0 Å². The number of nitro groups is 2. The van der Waals surface area contributed by atoms with Gasteiger partial charge in [0.1, 0.15) is 12.3 Å². The molecule has 0 radical (unpaired) electrons. The number of benzene rings is 1. The fourth-order valence-corrected chi connectivity index (χ4v) is 2.52. The number of aromatic nitrogens is 2. The normalized spacial score (nSPS) is 12.8. The topological polar surface area (TPSA) is 183 Å². The zero-order valence-electron chi connectivity index (χ0n) is 15.3. The highest BCUT2D eigenvalue weighted by Crippen LogP contribution is 2.24. The van der Waals surface area contributed by atoms with E-state index in [-0.39, 0.29) is 35.8 Å². The molecule has 1 aromatic carbocycles. The smallest absolute Gasteiger partial charge is 0.350 e. The number of carbonyl (C=O) groups excluding carboxylic acids is 1. The number of rotatable bonds is 10. The molecule has 1 aromatic heterocycles. The number of nitrogens with zero attached hydrogens (tertiary/aromatic N) is 4. The molecule has 1 heterocycles. The molecule has 3 N–H and O–H groups in total. The number of methoxy groups -OCH3 is 1. The van der Waals surface area contributed by atoms with Gasteiger partial charge in [0.05, 0.1) is 36.1 Å². The van der Waals surface area contributed by atoms with Crippen LogP contribution >= 0.6 is 0 Å². The third-order valence-electron chi connectivity index (χ3n) is 4.04. The molecule has 156 valence electrons. The van der Waals surface area contributed by atoms with Crippen molar-refractivity contribution < 1.29 is 29.6 Å². The first-order chi connectivity index (χ1) is 13.8. The van der Waals surface area contributed by atoms with Gasteiger partial charge in [0.2, 0.25) is 5.91 Å². The summed E-state index contributed by atoms with van der Waals surface area (Å²) in [4.78, 5) is 32.4. The van der Waals surface area contributed by atoms with Crippen molar-refractivity contribution in [2.45, 2.75) is 25.1 Å². The molecule has 2 unspecified atom stereocenters. The van der Waals surface area contributed by atoms with Crippen molar-refractivity contribution >= 4 is 17.3 Å². The SMILES string of the molecule is COc1nn(CCC(=O)NC(CO)C(O)c2ccc([N+](=O)[O-])cc2)cc1[N+](=O)[O-]. The van der Waals surface area contributed by atoms with Crippen molar-refractivity contribution in [2.24, 2.45) is 0 Å². The van der Waals surface area contributed by atoms with E-state index in [1.165, 1.54) is 36.1 Å². The number of hydrogen-bond acceptors (Lipinski definition) is 9. The van der Waals surface area contributed by atoms with Crippen LogP contribution in [0.2, 0.25) is 0 Å². The third-order valence-corrected chi connectivity index (χ3v) is 4.04. The molecule has 0 fully saturated rings. The van der Waals surface area contributed by atoms with Gasteiger partial charge in [-0.1, -0.05) is 0 Å². The lowest BCUT2D eigenvalue weighted by Gasteiger charge is -2.22. The van der Waals surface area contributed by atoms with Gasteiger partial charge < -0.3 is 20.3 Å². The maximum absolute atomic E-state index is 12.1. The number of nitrogens with one attached hydrogen (secondary N) is 1. The van der Waals surface area contributed by atoms with Crippen molar-refractivity contribution in [3.05, 3.63) is 56.3 Å². The average molecular weight is 409 g/mol. The molecule has 2 rings (SSSR count). The molecular weight excluding hydrogens is 390 g/mol. The van der Waals surface area contributed by atoms with Gasteiger partial charge in [0, 0.05) is 18.6 Å². The number of aliphatic hydroxyl groups is 2. The lowest BCUT2D eigenvalue weighted by molar-refractivity contribution is -0.385. The minimum Gasteiger partial charge on any atom is -0.475 e. The number of amides is 1. The molecule has 13 nitrogen and oxygen atoms in total. The van der Waals surface area contributed by atoms with E-state index in [4.69, 9.17) is 4.74 Å². The molecule has 0 saturated carbocycles. The van der Waals surface area contributed by atoms with Gasteiger partial charge in [-0.05, 0) is 17.7 Å². The molecule has 0 saturated heterocycles. The number of carbonyl (C=O) groups is 1. The Labute approximate surface area is 163 Å². The van der Waals surface area contributed by atoms with Crippen LogP contribution in [0.1, 0.15) is 18.1 Å². The second-order valence-electron chi connectivity index (χ2n) is 5.94. The summed E-state index contributed by atoms with van der Waals surface area (Å²) in [6.45, 7) is -0.577. The minimum absolute atomic E-state index is 0.00179. The Hall–Kier alpha value is -3.58. The summed E-state index contributed by atoms with van der Waals surface area (Å²) in [6.07, 6.45) is -0.303. The second kappa shape index (κ2) is 9.57. The Morgan fingerprint density at radius 1 is 1.28 bits per heavy atom. The minimum atomic E-state index is -1.30. The van der Waals surface area contributed by atoms with Crippen LogP contribution in [-0.2, 0) is 11.3 Å². The number of aliphatic hydroxyl groups excluding tert-OH is 2. The molecule has 0 bridgehead atoms. The Bertz CT molecular complexity index is 882. The van der Waals surface area contributed by atoms with E-state index in [0.717, 1.165) is 6.20 Å². The van der Waals surface area contributed by atoms with E-state index < -0.39 is 34.5 Å². The highest BCUT2D eigenvalue weighted by Gasteiger charge is 2.24. The summed E-state index contributed by atoms with van der Waals surface area (Å²) < 4.78 is 5.98. The zero-order valence-corrected chi connectivity index (χ0v) is 15.3. The average Bonchev–Trinajstić information content (AvgIpc) is 3.13. The summed E-state index contributed by atoms with van der Waals surface area (Å²) in [7, 11) is 1.23. The monoisotopic (exact) mass is 409 g/mol. The van der Waals surface area contributed by atoms with Crippen LogP contribution in [0.3, 0.4) is 0 Å². The van der Waals surface area contributed by atoms with Crippen molar-refractivity contribution in [3.63, 3.8) is 0 Å². The lowest BCUT2D eigenvalue weighted by atomic mass is 10.0. The highest BCUT2D eigenvalue weighted by atomic mass is 16.6. The Morgan fingerprint density at radius 2 is 1.93 bits per heavy atom. The first kappa shape index (κ1) is 21.7. The fourth-order valence-electron chi connectivity index (χ4n) is 2.52. The van der Waals surface area contributed by atoms with Crippen LogP contribution in [0.15, 0.2) is 30.5 Å². The van der Waals surface area contributed by atoms with Crippen LogP contribution < -0.4 is 10.1 Å². The molecule has 2 aromatic rings. The van der Waals surface area contributed by atoms with E-state index in [1.54, 1.807) is 0 Å². The van der Waals surface area contributed by atoms with E-state index in [0.29, 0.717) is 0 Å².